The van der Waals surface area contributed by atoms with Crippen LogP contribution in [-0.4, -0.2) is 4.98 Å². The van der Waals surface area contributed by atoms with Gasteiger partial charge in [0, 0.05) is 29.3 Å². The average Bonchev–Trinajstić information content (AvgIpc) is 2.75. The molecule has 0 saturated carbocycles. The Hall–Kier alpha value is -1.61. The minimum Gasteiger partial charge on any atom is -0.375 e. The molecule has 2 nitrogen and oxygen atoms in total. The SMILES string of the molecule is Nc1ncc(CC2=CC=CC3C=CC=CC23)s1. The van der Waals surface area contributed by atoms with Gasteiger partial charge in [-0.3, -0.25) is 0 Å². The van der Waals surface area contributed by atoms with Crippen LogP contribution in [0.2, 0.25) is 0 Å². The van der Waals surface area contributed by atoms with Gasteiger partial charge < -0.3 is 5.73 Å². The Morgan fingerprint density at radius 2 is 2.00 bits per heavy atom. The Balaban J connectivity index is 1.83. The number of nitrogen functional groups attached to an aromatic ring is 1. The molecule has 86 valence electrons. The van der Waals surface area contributed by atoms with E-state index < -0.39 is 0 Å². The molecule has 0 aromatic carbocycles. The fourth-order valence-corrected chi connectivity index (χ4v) is 3.10. The molecule has 0 fully saturated rings. The van der Waals surface area contributed by atoms with Gasteiger partial charge in [-0.2, -0.15) is 0 Å². The molecule has 2 aliphatic rings. The maximum atomic E-state index is 5.66. The topological polar surface area (TPSA) is 38.9 Å². The van der Waals surface area contributed by atoms with Gasteiger partial charge in [0.25, 0.3) is 0 Å². The van der Waals surface area contributed by atoms with E-state index in [1.807, 2.05) is 6.20 Å². The van der Waals surface area contributed by atoms with Crippen LogP contribution in [0, 0.1) is 11.8 Å². The number of hydrogen-bond donors (Lipinski definition) is 1. The lowest BCUT2D eigenvalue weighted by atomic mass is 9.78. The number of fused-ring (bicyclic) bond motifs is 1. The molecule has 2 unspecified atom stereocenters. The standard InChI is InChI=1S/C14H14N2S/c15-14-16-9-12(17-14)8-11-6-3-5-10-4-1-2-7-13(10)11/h1-7,9-10,13H,8H2,(H2,15,16). The van der Waals surface area contributed by atoms with E-state index >= 15 is 0 Å². The van der Waals surface area contributed by atoms with Gasteiger partial charge in [0.1, 0.15) is 0 Å². The summed E-state index contributed by atoms with van der Waals surface area (Å²) >= 11 is 1.58. The fourth-order valence-electron chi connectivity index (χ4n) is 2.38. The number of hydrogen-bond acceptors (Lipinski definition) is 3. The Morgan fingerprint density at radius 3 is 2.82 bits per heavy atom. The van der Waals surface area contributed by atoms with Crippen molar-refractivity contribution >= 4 is 16.5 Å². The van der Waals surface area contributed by atoms with E-state index in [1.165, 1.54) is 10.5 Å². The van der Waals surface area contributed by atoms with Crippen molar-refractivity contribution in [2.24, 2.45) is 11.8 Å². The largest absolute Gasteiger partial charge is 0.375 e. The van der Waals surface area contributed by atoms with E-state index in [1.54, 1.807) is 11.3 Å². The molecular weight excluding hydrogens is 228 g/mol. The molecule has 0 aliphatic heterocycles. The van der Waals surface area contributed by atoms with Crippen molar-refractivity contribution in [2.45, 2.75) is 6.42 Å². The quantitative estimate of drug-likeness (QED) is 0.865. The van der Waals surface area contributed by atoms with Crippen LogP contribution in [0.15, 0.2) is 54.3 Å². The first-order valence-electron chi connectivity index (χ1n) is 5.75. The molecule has 0 spiro atoms. The zero-order valence-electron chi connectivity index (χ0n) is 9.41. The molecule has 1 aromatic heterocycles. The highest BCUT2D eigenvalue weighted by Crippen LogP contribution is 2.33. The van der Waals surface area contributed by atoms with Crippen molar-refractivity contribution in [3.63, 3.8) is 0 Å². The summed E-state index contributed by atoms with van der Waals surface area (Å²) in [4.78, 5) is 5.35. The number of aromatic nitrogens is 1. The van der Waals surface area contributed by atoms with Gasteiger partial charge in [0.05, 0.1) is 0 Å². The van der Waals surface area contributed by atoms with E-state index in [-0.39, 0.29) is 0 Å². The van der Waals surface area contributed by atoms with Crippen LogP contribution in [0.3, 0.4) is 0 Å². The average molecular weight is 242 g/mol. The van der Waals surface area contributed by atoms with E-state index in [4.69, 9.17) is 5.73 Å². The minimum absolute atomic E-state index is 0.508. The number of anilines is 1. The Bertz CT molecular complexity index is 534. The summed E-state index contributed by atoms with van der Waals surface area (Å²) in [5.41, 5.74) is 7.11. The van der Waals surface area contributed by atoms with Gasteiger partial charge >= 0.3 is 0 Å². The van der Waals surface area contributed by atoms with E-state index in [2.05, 4.69) is 47.5 Å². The van der Waals surface area contributed by atoms with Crippen LogP contribution in [0.4, 0.5) is 5.13 Å². The van der Waals surface area contributed by atoms with E-state index in [0.717, 1.165) is 6.42 Å². The lowest BCUT2D eigenvalue weighted by molar-refractivity contribution is 0.610. The molecule has 0 radical (unpaired) electrons. The summed E-state index contributed by atoms with van der Waals surface area (Å²) in [7, 11) is 0. The zero-order chi connectivity index (χ0) is 11.7. The first-order chi connectivity index (χ1) is 8.33. The Morgan fingerprint density at radius 1 is 1.18 bits per heavy atom. The first kappa shape index (κ1) is 10.5. The molecule has 1 heterocycles. The molecular formula is C14H14N2S. The predicted octanol–water partition coefficient (Wildman–Crippen LogP) is 3.12. The van der Waals surface area contributed by atoms with Gasteiger partial charge in [-0.15, -0.1) is 11.3 Å². The molecule has 2 aliphatic carbocycles. The van der Waals surface area contributed by atoms with E-state index in [0.29, 0.717) is 17.0 Å². The van der Waals surface area contributed by atoms with Crippen LogP contribution in [0.5, 0.6) is 0 Å². The number of rotatable bonds is 2. The summed E-state index contributed by atoms with van der Waals surface area (Å²) in [6.45, 7) is 0. The van der Waals surface area contributed by atoms with Crippen LogP contribution >= 0.6 is 11.3 Å². The normalized spacial score (nSPS) is 25.8. The summed E-state index contributed by atoms with van der Waals surface area (Å²) in [6.07, 6.45) is 18.3. The van der Waals surface area contributed by atoms with Gasteiger partial charge in [-0.25, -0.2) is 4.98 Å². The lowest BCUT2D eigenvalue weighted by Gasteiger charge is -2.26. The predicted molar refractivity (Wildman–Crippen MR) is 72.7 cm³/mol. The summed E-state index contributed by atoms with van der Waals surface area (Å²) in [5, 5.41) is 0.655. The van der Waals surface area contributed by atoms with Gasteiger partial charge in [-0.05, 0) is 0 Å². The molecule has 1 aromatic rings. The molecule has 2 N–H and O–H groups in total. The number of allylic oxidation sites excluding steroid dienone is 8. The molecule has 3 rings (SSSR count). The first-order valence-corrected chi connectivity index (χ1v) is 6.57. The Labute approximate surface area is 105 Å². The summed E-state index contributed by atoms with van der Waals surface area (Å²) in [5.74, 6) is 1.03. The third-order valence-corrected chi connectivity index (χ3v) is 4.03. The number of thiazole rings is 1. The highest BCUT2D eigenvalue weighted by atomic mass is 32.1. The molecule has 0 saturated heterocycles. The minimum atomic E-state index is 0.508. The highest BCUT2D eigenvalue weighted by molar-refractivity contribution is 7.15. The van der Waals surface area contributed by atoms with Crippen LogP contribution in [0.25, 0.3) is 0 Å². The second-order valence-electron chi connectivity index (χ2n) is 4.34. The third-order valence-electron chi connectivity index (χ3n) is 3.20. The van der Waals surface area contributed by atoms with Crippen molar-refractivity contribution in [2.75, 3.05) is 5.73 Å². The third kappa shape index (κ3) is 2.11. The van der Waals surface area contributed by atoms with Crippen molar-refractivity contribution in [3.05, 3.63) is 59.2 Å². The molecule has 2 atom stereocenters. The highest BCUT2D eigenvalue weighted by Gasteiger charge is 2.22. The summed E-state index contributed by atoms with van der Waals surface area (Å²) < 4.78 is 0. The summed E-state index contributed by atoms with van der Waals surface area (Å²) in [6, 6.07) is 0. The fraction of sp³-hybridized carbons (Fsp3) is 0.214. The maximum Gasteiger partial charge on any atom is 0.180 e. The zero-order valence-corrected chi connectivity index (χ0v) is 10.2. The Kier molecular flexibility index (Phi) is 2.69. The van der Waals surface area contributed by atoms with Crippen molar-refractivity contribution in [1.82, 2.24) is 4.98 Å². The second-order valence-corrected chi connectivity index (χ2v) is 5.49. The van der Waals surface area contributed by atoms with Gasteiger partial charge in [-0.1, -0.05) is 48.1 Å². The van der Waals surface area contributed by atoms with Crippen molar-refractivity contribution < 1.29 is 0 Å². The number of nitrogens with zero attached hydrogens (tertiary/aromatic N) is 1. The molecule has 17 heavy (non-hydrogen) atoms. The van der Waals surface area contributed by atoms with Gasteiger partial charge in [0.15, 0.2) is 5.13 Å². The second kappa shape index (κ2) is 4.34. The monoisotopic (exact) mass is 242 g/mol. The van der Waals surface area contributed by atoms with Crippen LogP contribution in [-0.2, 0) is 6.42 Å². The van der Waals surface area contributed by atoms with Crippen LogP contribution in [0.1, 0.15) is 4.88 Å². The van der Waals surface area contributed by atoms with Crippen LogP contribution < -0.4 is 5.73 Å². The maximum absolute atomic E-state index is 5.66. The smallest absolute Gasteiger partial charge is 0.180 e. The number of nitrogens with two attached hydrogens (primary N) is 1. The molecule has 0 amide bonds. The molecule has 3 heteroatoms. The van der Waals surface area contributed by atoms with Crippen molar-refractivity contribution in [3.8, 4) is 0 Å². The van der Waals surface area contributed by atoms with Crippen molar-refractivity contribution in [1.29, 1.82) is 0 Å². The van der Waals surface area contributed by atoms with E-state index in [9.17, 15) is 0 Å². The molecule has 0 bridgehead atoms. The lowest BCUT2D eigenvalue weighted by Crippen LogP contribution is -2.16. The van der Waals surface area contributed by atoms with Gasteiger partial charge in [0.2, 0.25) is 0 Å².